The van der Waals surface area contributed by atoms with Crippen molar-refractivity contribution < 1.29 is 9.53 Å². The van der Waals surface area contributed by atoms with Gasteiger partial charge in [-0.15, -0.1) is 0 Å². The average molecular weight is 378 g/mol. The largest absolute Gasteiger partial charge is 0.495 e. The number of nitrogens with zero attached hydrogens (tertiary/aromatic N) is 4. The Morgan fingerprint density at radius 1 is 1.11 bits per heavy atom. The Morgan fingerprint density at radius 3 is 2.64 bits per heavy atom. The summed E-state index contributed by atoms with van der Waals surface area (Å²) in [7, 11) is 1.61. The van der Waals surface area contributed by atoms with Crippen LogP contribution in [-0.4, -0.2) is 45.1 Å². The van der Waals surface area contributed by atoms with E-state index in [0.29, 0.717) is 17.0 Å². The van der Waals surface area contributed by atoms with Crippen molar-refractivity contribution in [3.63, 3.8) is 0 Å². The molecule has 2 heterocycles. The van der Waals surface area contributed by atoms with Gasteiger partial charge in [0.2, 0.25) is 0 Å². The first kappa shape index (κ1) is 18.0. The van der Waals surface area contributed by atoms with Gasteiger partial charge in [-0.1, -0.05) is 12.1 Å². The second kappa shape index (κ2) is 8.08. The van der Waals surface area contributed by atoms with Gasteiger partial charge in [-0.3, -0.25) is 4.79 Å². The highest BCUT2D eigenvalue weighted by Gasteiger charge is 2.29. The van der Waals surface area contributed by atoms with Gasteiger partial charge in [0.25, 0.3) is 5.91 Å². The summed E-state index contributed by atoms with van der Waals surface area (Å²) < 4.78 is 5.14. The van der Waals surface area contributed by atoms with Crippen LogP contribution in [0.25, 0.3) is 5.69 Å². The summed E-state index contributed by atoms with van der Waals surface area (Å²) in [4.78, 5) is 18.8. The molecular weight excluding hydrogens is 356 g/mol. The summed E-state index contributed by atoms with van der Waals surface area (Å²) in [6.07, 6.45) is 7.79. The summed E-state index contributed by atoms with van der Waals surface area (Å²) in [5.74, 6) is 1.35. The molecule has 28 heavy (non-hydrogen) atoms. The van der Waals surface area contributed by atoms with Gasteiger partial charge >= 0.3 is 0 Å². The standard InChI is InChI=1S/C20H22N6O2/c1-28-14-9-10-19(21-13-14)24-16-6-4-7-17(16)25-20(27)15-5-2-3-8-18(15)26-22-11-12-23-26/h2-3,5,8-13,16-17H,4,6-7H2,1H3,(H,21,24)(H,25,27)/t16-,17-/m0/s1. The maximum atomic E-state index is 13.0. The first-order valence-electron chi connectivity index (χ1n) is 9.28. The number of hydrogen-bond acceptors (Lipinski definition) is 6. The van der Waals surface area contributed by atoms with Crippen LogP contribution in [0.1, 0.15) is 29.6 Å². The lowest BCUT2D eigenvalue weighted by Gasteiger charge is -2.23. The first-order chi connectivity index (χ1) is 13.7. The number of para-hydroxylation sites is 1. The Hall–Kier alpha value is -3.42. The van der Waals surface area contributed by atoms with Crippen molar-refractivity contribution >= 4 is 11.7 Å². The SMILES string of the molecule is COc1ccc(N[C@H]2CCC[C@@H]2NC(=O)c2ccccc2-n2nccn2)nc1. The summed E-state index contributed by atoms with van der Waals surface area (Å²) in [6.45, 7) is 0. The van der Waals surface area contributed by atoms with Crippen LogP contribution in [0.2, 0.25) is 0 Å². The summed E-state index contributed by atoms with van der Waals surface area (Å²) >= 11 is 0. The van der Waals surface area contributed by atoms with E-state index in [1.165, 1.54) is 4.80 Å². The van der Waals surface area contributed by atoms with Crippen LogP contribution < -0.4 is 15.4 Å². The summed E-state index contributed by atoms with van der Waals surface area (Å²) in [6, 6.07) is 11.2. The van der Waals surface area contributed by atoms with Crippen molar-refractivity contribution in [2.24, 2.45) is 0 Å². The van der Waals surface area contributed by atoms with E-state index in [1.54, 1.807) is 31.8 Å². The van der Waals surface area contributed by atoms with Gasteiger partial charge in [-0.2, -0.15) is 15.0 Å². The van der Waals surface area contributed by atoms with Crippen molar-refractivity contribution in [2.75, 3.05) is 12.4 Å². The van der Waals surface area contributed by atoms with E-state index in [4.69, 9.17) is 4.74 Å². The molecule has 0 spiro atoms. The Balaban J connectivity index is 1.47. The lowest BCUT2D eigenvalue weighted by molar-refractivity contribution is 0.0935. The first-order valence-corrected chi connectivity index (χ1v) is 9.28. The zero-order valence-corrected chi connectivity index (χ0v) is 15.6. The molecule has 0 aliphatic heterocycles. The fourth-order valence-electron chi connectivity index (χ4n) is 3.51. The molecule has 1 aliphatic rings. The normalized spacial score (nSPS) is 18.6. The average Bonchev–Trinajstić information content (AvgIpc) is 3.41. The van der Waals surface area contributed by atoms with Gasteiger partial charge in [-0.25, -0.2) is 4.98 Å². The minimum absolute atomic E-state index is 0.0232. The topological polar surface area (TPSA) is 94.0 Å². The third-order valence-corrected chi connectivity index (χ3v) is 4.92. The second-order valence-electron chi connectivity index (χ2n) is 6.68. The van der Waals surface area contributed by atoms with Gasteiger partial charge in [0.15, 0.2) is 0 Å². The van der Waals surface area contributed by atoms with Crippen molar-refractivity contribution in [3.05, 3.63) is 60.6 Å². The molecule has 2 atom stereocenters. The molecule has 1 aromatic carbocycles. The second-order valence-corrected chi connectivity index (χ2v) is 6.68. The molecule has 0 unspecified atom stereocenters. The van der Waals surface area contributed by atoms with Gasteiger partial charge in [-0.05, 0) is 43.5 Å². The van der Waals surface area contributed by atoms with E-state index in [-0.39, 0.29) is 18.0 Å². The zero-order valence-electron chi connectivity index (χ0n) is 15.6. The minimum atomic E-state index is -0.130. The number of amides is 1. The molecule has 0 saturated heterocycles. The Kier molecular flexibility index (Phi) is 5.18. The van der Waals surface area contributed by atoms with E-state index in [0.717, 1.165) is 25.1 Å². The number of methoxy groups -OCH3 is 1. The molecule has 1 aliphatic carbocycles. The van der Waals surface area contributed by atoms with E-state index in [9.17, 15) is 4.79 Å². The predicted octanol–water partition coefficient (Wildman–Crippen LogP) is 2.43. The number of rotatable bonds is 6. The molecule has 2 N–H and O–H groups in total. The van der Waals surface area contributed by atoms with Crippen LogP contribution in [0.4, 0.5) is 5.82 Å². The maximum absolute atomic E-state index is 13.0. The van der Waals surface area contributed by atoms with E-state index >= 15 is 0 Å². The Bertz CT molecular complexity index is 926. The quantitative estimate of drug-likeness (QED) is 0.684. The third kappa shape index (κ3) is 3.80. The maximum Gasteiger partial charge on any atom is 0.253 e. The molecular formula is C20H22N6O2. The van der Waals surface area contributed by atoms with Gasteiger partial charge < -0.3 is 15.4 Å². The molecule has 144 valence electrons. The zero-order chi connectivity index (χ0) is 19.3. The van der Waals surface area contributed by atoms with Crippen molar-refractivity contribution in [1.82, 2.24) is 25.3 Å². The highest BCUT2D eigenvalue weighted by molar-refractivity contribution is 5.97. The van der Waals surface area contributed by atoms with E-state index in [2.05, 4.69) is 25.8 Å². The van der Waals surface area contributed by atoms with Crippen LogP contribution in [0.5, 0.6) is 5.75 Å². The molecule has 1 saturated carbocycles. The van der Waals surface area contributed by atoms with Crippen LogP contribution in [0, 0.1) is 0 Å². The number of ether oxygens (including phenoxy) is 1. The number of benzene rings is 1. The number of aromatic nitrogens is 4. The molecule has 3 aromatic rings. The van der Waals surface area contributed by atoms with Gasteiger partial charge in [0, 0.05) is 12.1 Å². The van der Waals surface area contributed by atoms with Crippen molar-refractivity contribution in [2.45, 2.75) is 31.3 Å². The smallest absolute Gasteiger partial charge is 0.253 e. The van der Waals surface area contributed by atoms with Gasteiger partial charge in [0.1, 0.15) is 11.6 Å². The lowest BCUT2D eigenvalue weighted by atomic mass is 10.1. The number of pyridine rings is 1. The Labute approximate surface area is 162 Å². The number of carbonyl (C=O) groups is 1. The Morgan fingerprint density at radius 2 is 1.89 bits per heavy atom. The fraction of sp³-hybridized carbons (Fsp3) is 0.300. The molecule has 8 heteroatoms. The molecule has 4 rings (SSSR count). The van der Waals surface area contributed by atoms with Crippen LogP contribution >= 0.6 is 0 Å². The lowest BCUT2D eigenvalue weighted by Crippen LogP contribution is -2.43. The van der Waals surface area contributed by atoms with Crippen molar-refractivity contribution in [3.8, 4) is 11.4 Å². The van der Waals surface area contributed by atoms with Crippen molar-refractivity contribution in [1.29, 1.82) is 0 Å². The highest BCUT2D eigenvalue weighted by atomic mass is 16.5. The predicted molar refractivity (Wildman–Crippen MR) is 105 cm³/mol. The summed E-state index contributed by atoms with van der Waals surface area (Å²) in [5.41, 5.74) is 1.20. The summed E-state index contributed by atoms with van der Waals surface area (Å²) in [5, 5.41) is 14.9. The van der Waals surface area contributed by atoms with Crippen LogP contribution in [0.3, 0.4) is 0 Å². The number of carbonyl (C=O) groups excluding carboxylic acids is 1. The van der Waals surface area contributed by atoms with E-state index in [1.807, 2.05) is 30.3 Å². The number of nitrogens with one attached hydrogen (secondary N) is 2. The highest BCUT2D eigenvalue weighted by Crippen LogP contribution is 2.24. The molecule has 8 nitrogen and oxygen atoms in total. The monoisotopic (exact) mass is 378 g/mol. The fourth-order valence-corrected chi connectivity index (χ4v) is 3.51. The van der Waals surface area contributed by atoms with Gasteiger partial charge in [0.05, 0.1) is 37.0 Å². The molecule has 0 bridgehead atoms. The minimum Gasteiger partial charge on any atom is -0.495 e. The molecule has 1 fully saturated rings. The number of anilines is 1. The molecule has 2 aromatic heterocycles. The van der Waals surface area contributed by atoms with Crippen LogP contribution in [-0.2, 0) is 0 Å². The molecule has 0 radical (unpaired) electrons. The number of hydrogen-bond donors (Lipinski definition) is 2. The molecule has 1 amide bonds. The third-order valence-electron chi connectivity index (χ3n) is 4.92. The van der Waals surface area contributed by atoms with E-state index < -0.39 is 0 Å². The van der Waals surface area contributed by atoms with Crippen LogP contribution in [0.15, 0.2) is 55.0 Å².